The van der Waals surface area contributed by atoms with Gasteiger partial charge in [-0.15, -0.1) is 0 Å². The maximum Gasteiger partial charge on any atom is -0.00462 e. The van der Waals surface area contributed by atoms with Gasteiger partial charge in [0.15, 0.2) is 0 Å². The zero-order chi connectivity index (χ0) is 14.1. The fourth-order valence-electron chi connectivity index (χ4n) is 3.80. The molecule has 0 saturated heterocycles. The van der Waals surface area contributed by atoms with E-state index in [0.29, 0.717) is 5.41 Å². The Labute approximate surface area is 121 Å². The van der Waals surface area contributed by atoms with Gasteiger partial charge in [0.2, 0.25) is 0 Å². The topological polar surface area (TPSA) is 26.0 Å². The lowest BCUT2D eigenvalue weighted by molar-refractivity contribution is 0.113. The van der Waals surface area contributed by atoms with Crippen molar-refractivity contribution in [3.8, 4) is 0 Å². The van der Waals surface area contributed by atoms with Crippen LogP contribution in [0.1, 0.15) is 91.4 Å². The Morgan fingerprint density at radius 3 is 2.21 bits per heavy atom. The zero-order valence-corrected chi connectivity index (χ0v) is 13.7. The highest BCUT2D eigenvalue weighted by molar-refractivity contribution is 4.85. The molecule has 1 fully saturated rings. The Bertz CT molecular complexity index is 222. The van der Waals surface area contributed by atoms with Crippen molar-refractivity contribution in [3.05, 3.63) is 0 Å². The quantitative estimate of drug-likeness (QED) is 0.546. The van der Waals surface area contributed by atoms with E-state index in [-0.39, 0.29) is 0 Å². The lowest BCUT2D eigenvalue weighted by Gasteiger charge is -2.40. The lowest BCUT2D eigenvalue weighted by Crippen LogP contribution is -2.34. The number of hydrogen-bond donors (Lipinski definition) is 1. The third-order valence-electron chi connectivity index (χ3n) is 5.15. The summed E-state index contributed by atoms with van der Waals surface area (Å²) >= 11 is 0. The normalized spacial score (nSPS) is 26.5. The third-order valence-corrected chi connectivity index (χ3v) is 5.15. The highest BCUT2D eigenvalue weighted by atomic mass is 14.6. The lowest BCUT2D eigenvalue weighted by atomic mass is 9.66. The van der Waals surface area contributed by atoms with E-state index in [4.69, 9.17) is 5.73 Å². The van der Waals surface area contributed by atoms with Crippen LogP contribution in [0.3, 0.4) is 0 Å². The van der Waals surface area contributed by atoms with Gasteiger partial charge in [0.05, 0.1) is 0 Å². The molecule has 2 unspecified atom stereocenters. The monoisotopic (exact) mass is 267 g/mol. The summed E-state index contributed by atoms with van der Waals surface area (Å²) in [5.41, 5.74) is 6.53. The van der Waals surface area contributed by atoms with Crippen LogP contribution in [0.5, 0.6) is 0 Å². The van der Waals surface area contributed by atoms with Crippen molar-refractivity contribution >= 4 is 0 Å². The summed E-state index contributed by atoms with van der Waals surface area (Å²) in [5, 5.41) is 0. The van der Waals surface area contributed by atoms with E-state index < -0.39 is 0 Å². The summed E-state index contributed by atoms with van der Waals surface area (Å²) in [5.74, 6) is 1.72. The molecule has 1 saturated carbocycles. The molecular formula is C18H37N. The molecule has 0 aromatic rings. The van der Waals surface area contributed by atoms with Gasteiger partial charge in [-0.05, 0) is 43.1 Å². The van der Waals surface area contributed by atoms with Crippen molar-refractivity contribution < 1.29 is 0 Å². The fraction of sp³-hybridized carbons (Fsp3) is 1.00. The van der Waals surface area contributed by atoms with Gasteiger partial charge in [-0.3, -0.25) is 0 Å². The first-order chi connectivity index (χ1) is 9.09. The molecule has 1 aliphatic carbocycles. The molecule has 0 aliphatic heterocycles. The molecule has 0 radical (unpaired) electrons. The standard InChI is InChI=1S/C18H37N/c1-4-5-6-7-8-9-10-11-16-14-18(2,3)13-12-17(16)15-19/h16-17H,4-15,19H2,1-3H3. The van der Waals surface area contributed by atoms with Crippen LogP contribution in [-0.2, 0) is 0 Å². The first-order valence-corrected chi connectivity index (χ1v) is 8.79. The molecule has 2 N–H and O–H groups in total. The number of hydrogen-bond acceptors (Lipinski definition) is 1. The Morgan fingerprint density at radius 1 is 0.947 bits per heavy atom. The average Bonchev–Trinajstić information content (AvgIpc) is 2.37. The maximum atomic E-state index is 5.97. The van der Waals surface area contributed by atoms with E-state index in [1.165, 1.54) is 70.6 Å². The molecule has 2 atom stereocenters. The summed E-state index contributed by atoms with van der Waals surface area (Å²) in [6.45, 7) is 8.09. The summed E-state index contributed by atoms with van der Waals surface area (Å²) in [6, 6.07) is 0. The van der Waals surface area contributed by atoms with Gasteiger partial charge in [-0.2, -0.15) is 0 Å². The van der Waals surface area contributed by atoms with Gasteiger partial charge in [0.1, 0.15) is 0 Å². The summed E-state index contributed by atoms with van der Waals surface area (Å²) < 4.78 is 0. The molecule has 1 rings (SSSR count). The molecule has 0 heterocycles. The van der Waals surface area contributed by atoms with Crippen LogP contribution in [0.4, 0.5) is 0 Å². The maximum absolute atomic E-state index is 5.97. The SMILES string of the molecule is CCCCCCCCCC1CC(C)(C)CCC1CN. The molecule has 1 nitrogen and oxygen atoms in total. The molecule has 114 valence electrons. The van der Waals surface area contributed by atoms with Gasteiger partial charge in [0.25, 0.3) is 0 Å². The van der Waals surface area contributed by atoms with Crippen LogP contribution >= 0.6 is 0 Å². The van der Waals surface area contributed by atoms with Crippen LogP contribution in [0.2, 0.25) is 0 Å². The summed E-state index contributed by atoms with van der Waals surface area (Å²) in [4.78, 5) is 0. The minimum atomic E-state index is 0.567. The van der Waals surface area contributed by atoms with Crippen molar-refractivity contribution in [2.75, 3.05) is 6.54 Å². The average molecular weight is 268 g/mol. The third kappa shape index (κ3) is 6.79. The second-order valence-corrected chi connectivity index (χ2v) is 7.57. The number of nitrogens with two attached hydrogens (primary N) is 1. The van der Waals surface area contributed by atoms with Crippen molar-refractivity contribution in [2.45, 2.75) is 91.4 Å². The molecule has 0 spiro atoms. The van der Waals surface area contributed by atoms with Crippen molar-refractivity contribution in [2.24, 2.45) is 23.0 Å². The summed E-state index contributed by atoms with van der Waals surface area (Å²) in [6.07, 6.45) is 15.6. The molecule has 19 heavy (non-hydrogen) atoms. The Kier molecular flexibility index (Phi) is 8.06. The van der Waals surface area contributed by atoms with Gasteiger partial charge in [-0.1, -0.05) is 72.1 Å². The van der Waals surface area contributed by atoms with Crippen LogP contribution in [-0.4, -0.2) is 6.54 Å². The van der Waals surface area contributed by atoms with Crippen LogP contribution < -0.4 is 5.73 Å². The zero-order valence-electron chi connectivity index (χ0n) is 13.7. The van der Waals surface area contributed by atoms with E-state index in [1.807, 2.05) is 0 Å². The van der Waals surface area contributed by atoms with E-state index in [9.17, 15) is 0 Å². The minimum Gasteiger partial charge on any atom is -0.330 e. The highest BCUT2D eigenvalue weighted by Crippen LogP contribution is 2.43. The summed E-state index contributed by atoms with van der Waals surface area (Å²) in [7, 11) is 0. The van der Waals surface area contributed by atoms with E-state index in [0.717, 1.165) is 18.4 Å². The van der Waals surface area contributed by atoms with Gasteiger partial charge in [-0.25, -0.2) is 0 Å². The molecule has 0 aromatic carbocycles. The largest absolute Gasteiger partial charge is 0.330 e. The van der Waals surface area contributed by atoms with Crippen LogP contribution in [0.25, 0.3) is 0 Å². The molecule has 0 amide bonds. The predicted octanol–water partition coefficient (Wildman–Crippen LogP) is 5.53. The Balaban J connectivity index is 2.15. The fourth-order valence-corrected chi connectivity index (χ4v) is 3.80. The predicted molar refractivity (Wildman–Crippen MR) is 86.3 cm³/mol. The van der Waals surface area contributed by atoms with E-state index in [2.05, 4.69) is 20.8 Å². The van der Waals surface area contributed by atoms with E-state index >= 15 is 0 Å². The van der Waals surface area contributed by atoms with Crippen LogP contribution in [0.15, 0.2) is 0 Å². The Morgan fingerprint density at radius 2 is 1.58 bits per heavy atom. The number of unbranched alkanes of at least 4 members (excludes halogenated alkanes) is 6. The second-order valence-electron chi connectivity index (χ2n) is 7.57. The Hall–Kier alpha value is -0.0400. The first kappa shape index (κ1) is 17.0. The highest BCUT2D eigenvalue weighted by Gasteiger charge is 2.33. The van der Waals surface area contributed by atoms with Gasteiger partial charge < -0.3 is 5.73 Å². The molecule has 1 aliphatic rings. The van der Waals surface area contributed by atoms with Crippen molar-refractivity contribution in [3.63, 3.8) is 0 Å². The molecule has 1 heteroatoms. The van der Waals surface area contributed by atoms with Gasteiger partial charge in [0, 0.05) is 0 Å². The van der Waals surface area contributed by atoms with Gasteiger partial charge >= 0.3 is 0 Å². The molecular weight excluding hydrogens is 230 g/mol. The van der Waals surface area contributed by atoms with Crippen molar-refractivity contribution in [1.29, 1.82) is 0 Å². The van der Waals surface area contributed by atoms with Crippen LogP contribution in [0, 0.1) is 17.3 Å². The smallest absolute Gasteiger partial charge is 0.00462 e. The second kappa shape index (κ2) is 9.00. The molecule has 0 bridgehead atoms. The number of rotatable bonds is 9. The van der Waals surface area contributed by atoms with Crippen molar-refractivity contribution in [1.82, 2.24) is 0 Å². The van der Waals surface area contributed by atoms with E-state index in [1.54, 1.807) is 0 Å². The minimum absolute atomic E-state index is 0.567. The molecule has 0 aromatic heterocycles. The first-order valence-electron chi connectivity index (χ1n) is 8.79.